The lowest BCUT2D eigenvalue weighted by Gasteiger charge is -2.19. The Balaban J connectivity index is 1.10. The molecule has 0 saturated heterocycles. The van der Waals surface area contributed by atoms with Crippen LogP contribution in [0.3, 0.4) is 0 Å². The summed E-state index contributed by atoms with van der Waals surface area (Å²) in [6.45, 7) is 9.14. The number of fused-ring (bicyclic) bond motifs is 1. The van der Waals surface area contributed by atoms with Gasteiger partial charge in [-0.1, -0.05) is 108 Å². The summed E-state index contributed by atoms with van der Waals surface area (Å²) >= 11 is 0. The molecular formula is C44H52N4O4. The van der Waals surface area contributed by atoms with Gasteiger partial charge < -0.3 is 19.3 Å². The van der Waals surface area contributed by atoms with Gasteiger partial charge in [-0.3, -0.25) is 4.79 Å². The first-order chi connectivity index (χ1) is 25.2. The third kappa shape index (κ3) is 9.01. The number of ether oxygens (including phenoxy) is 2. The van der Waals surface area contributed by atoms with E-state index in [0.29, 0.717) is 29.7 Å². The summed E-state index contributed by atoms with van der Waals surface area (Å²) in [5.74, 6) is 4.35. The average molecular weight is 701 g/mol. The van der Waals surface area contributed by atoms with Gasteiger partial charge in [0.05, 0.1) is 6.61 Å². The maximum Gasteiger partial charge on any atom is 0.270 e. The zero-order valence-corrected chi connectivity index (χ0v) is 31.1. The molecule has 8 nitrogen and oxygen atoms in total. The second-order valence-electron chi connectivity index (χ2n) is 15.9. The highest BCUT2D eigenvalue weighted by atomic mass is 16.5. The van der Waals surface area contributed by atoms with Crippen LogP contribution in [0.4, 0.5) is 0 Å². The second-order valence-corrected chi connectivity index (χ2v) is 15.9. The van der Waals surface area contributed by atoms with Crippen LogP contribution in [0, 0.1) is 18.8 Å². The molecule has 2 aromatic heterocycles. The molecule has 0 spiro atoms. The van der Waals surface area contributed by atoms with Gasteiger partial charge in [0.25, 0.3) is 5.91 Å². The third-order valence-corrected chi connectivity index (χ3v) is 10.8. The van der Waals surface area contributed by atoms with Crippen LogP contribution in [0.15, 0.2) is 77.3 Å². The molecule has 8 heteroatoms. The Kier molecular flexibility index (Phi) is 10.9. The summed E-state index contributed by atoms with van der Waals surface area (Å²) in [7, 11) is 0. The van der Waals surface area contributed by atoms with Crippen LogP contribution in [0.1, 0.15) is 124 Å². The number of aryl methyl sites for hydroxylation is 1. The number of rotatable bonds is 13. The number of nitrogens with one attached hydrogen (secondary N) is 1. The molecule has 1 atom stereocenters. The van der Waals surface area contributed by atoms with Crippen LogP contribution in [-0.2, 0) is 18.3 Å². The molecule has 5 aromatic rings. The smallest absolute Gasteiger partial charge is 0.270 e. The van der Waals surface area contributed by atoms with Crippen LogP contribution in [0.5, 0.6) is 17.2 Å². The second kappa shape index (κ2) is 15.9. The summed E-state index contributed by atoms with van der Waals surface area (Å²) in [6, 6.07) is 23.8. The monoisotopic (exact) mass is 700 g/mol. The molecule has 0 unspecified atom stereocenters. The number of benzene rings is 3. The van der Waals surface area contributed by atoms with Crippen molar-refractivity contribution in [2.75, 3.05) is 6.61 Å². The Morgan fingerprint density at radius 1 is 0.846 bits per heavy atom. The first-order valence-electron chi connectivity index (χ1n) is 19.2. The molecule has 7 rings (SSSR count). The van der Waals surface area contributed by atoms with E-state index in [1.807, 2.05) is 54.6 Å². The highest BCUT2D eigenvalue weighted by Gasteiger charge is 2.25. The number of carbonyl (C=O) groups is 1. The number of pyridine rings is 1. The van der Waals surface area contributed by atoms with Crippen molar-refractivity contribution in [3.05, 3.63) is 107 Å². The van der Waals surface area contributed by atoms with Crippen LogP contribution in [0.2, 0.25) is 0 Å². The largest absolute Gasteiger partial charge is 0.494 e. The predicted molar refractivity (Wildman–Crippen MR) is 204 cm³/mol. The third-order valence-electron chi connectivity index (χ3n) is 10.8. The van der Waals surface area contributed by atoms with Crippen molar-refractivity contribution in [2.24, 2.45) is 11.8 Å². The van der Waals surface area contributed by atoms with Crippen molar-refractivity contribution in [1.82, 2.24) is 20.4 Å². The fourth-order valence-electron chi connectivity index (χ4n) is 7.77. The van der Waals surface area contributed by atoms with Crippen molar-refractivity contribution in [1.29, 1.82) is 0 Å². The normalized spacial score (nSPS) is 16.0. The topological polar surface area (TPSA) is 99.4 Å². The Morgan fingerprint density at radius 3 is 2.19 bits per heavy atom. The summed E-state index contributed by atoms with van der Waals surface area (Å²) in [4.78, 5) is 23.6. The summed E-state index contributed by atoms with van der Waals surface area (Å²) in [6.07, 6.45) is 12.6. The van der Waals surface area contributed by atoms with E-state index >= 15 is 0 Å². The molecule has 2 heterocycles. The first-order valence-corrected chi connectivity index (χ1v) is 19.2. The van der Waals surface area contributed by atoms with Crippen molar-refractivity contribution >= 4 is 16.7 Å². The zero-order valence-electron chi connectivity index (χ0n) is 31.1. The van der Waals surface area contributed by atoms with E-state index in [9.17, 15) is 4.79 Å². The number of nitrogens with zero attached hydrogens (tertiary/aromatic N) is 3. The Hall–Kier alpha value is -4.72. The number of hydrogen-bond acceptors (Lipinski definition) is 7. The highest BCUT2D eigenvalue weighted by Crippen LogP contribution is 2.34. The van der Waals surface area contributed by atoms with Crippen LogP contribution >= 0.6 is 0 Å². The van der Waals surface area contributed by atoms with Crippen molar-refractivity contribution in [2.45, 2.75) is 110 Å². The number of amides is 1. The first kappa shape index (κ1) is 35.7. The highest BCUT2D eigenvalue weighted by molar-refractivity contribution is 5.97. The lowest BCUT2D eigenvalue weighted by molar-refractivity contribution is 0.0923. The van der Waals surface area contributed by atoms with Gasteiger partial charge in [0.1, 0.15) is 29.0 Å². The van der Waals surface area contributed by atoms with Gasteiger partial charge in [-0.05, 0) is 96.0 Å². The Morgan fingerprint density at radius 2 is 1.52 bits per heavy atom. The lowest BCUT2D eigenvalue weighted by Crippen LogP contribution is -2.31. The molecule has 2 saturated carbocycles. The molecule has 0 radical (unpaired) electrons. The fraction of sp³-hybridized carbons (Fsp3) is 0.455. The summed E-state index contributed by atoms with van der Waals surface area (Å²) in [5, 5.41) is 9.17. The molecule has 2 aliphatic carbocycles. The maximum absolute atomic E-state index is 14.0. The summed E-state index contributed by atoms with van der Waals surface area (Å²) in [5.41, 5.74) is 3.66. The quantitative estimate of drug-likeness (QED) is 0.130. The van der Waals surface area contributed by atoms with E-state index in [0.717, 1.165) is 64.6 Å². The van der Waals surface area contributed by atoms with Gasteiger partial charge in [0.2, 0.25) is 5.89 Å². The minimum atomic E-state index is -0.529. The van der Waals surface area contributed by atoms with E-state index in [-0.39, 0.29) is 11.3 Å². The zero-order chi connectivity index (χ0) is 36.1. The van der Waals surface area contributed by atoms with Crippen molar-refractivity contribution in [3.8, 4) is 17.2 Å². The average Bonchev–Trinajstić information content (AvgIpc) is 3.93. The fourth-order valence-corrected chi connectivity index (χ4v) is 7.77. The van der Waals surface area contributed by atoms with Gasteiger partial charge in [-0.2, -0.15) is 4.98 Å². The Bertz CT molecular complexity index is 1950. The van der Waals surface area contributed by atoms with E-state index in [1.54, 1.807) is 6.92 Å². The number of carbonyl (C=O) groups excluding carboxylic acids is 1. The van der Waals surface area contributed by atoms with E-state index < -0.39 is 6.04 Å². The molecule has 0 bridgehead atoms. The Labute approximate surface area is 307 Å². The summed E-state index contributed by atoms with van der Waals surface area (Å²) < 4.78 is 18.0. The lowest BCUT2D eigenvalue weighted by atomic mass is 9.87. The molecule has 1 N–H and O–H groups in total. The maximum atomic E-state index is 14.0. The van der Waals surface area contributed by atoms with E-state index in [4.69, 9.17) is 19.0 Å². The van der Waals surface area contributed by atoms with Crippen LogP contribution in [-0.4, -0.2) is 27.6 Å². The predicted octanol–water partition coefficient (Wildman–Crippen LogP) is 10.4. The standard InChI is InChI=1S/C44H52N4O4/c1-29-45-43(52-48-29)41(26-32-13-18-35(19-14-32)50-24-23-30-9-5-6-10-30)47-42(49)40-27-33-15-20-37(51-36-21-16-34(17-22-36)44(2,3)4)28-38(33)39(46-40)25-31-11-7-8-12-31/h13-22,27-28,30-31,41H,5-12,23-26H2,1-4H3,(H,47,49)/t41-/m0/s1. The molecule has 0 aliphatic heterocycles. The van der Waals surface area contributed by atoms with Gasteiger partial charge in [0, 0.05) is 17.5 Å². The number of hydrogen-bond donors (Lipinski definition) is 1. The van der Waals surface area contributed by atoms with Crippen molar-refractivity contribution < 1.29 is 18.8 Å². The van der Waals surface area contributed by atoms with Gasteiger partial charge >= 0.3 is 0 Å². The van der Waals surface area contributed by atoms with Crippen LogP contribution in [0.25, 0.3) is 10.8 Å². The minimum Gasteiger partial charge on any atom is -0.494 e. The minimum absolute atomic E-state index is 0.0746. The van der Waals surface area contributed by atoms with Crippen LogP contribution < -0.4 is 14.8 Å². The van der Waals surface area contributed by atoms with E-state index in [2.05, 4.69) is 54.4 Å². The molecule has 272 valence electrons. The molecule has 2 aliphatic rings. The molecule has 2 fully saturated rings. The molecule has 3 aromatic carbocycles. The molecule has 1 amide bonds. The van der Waals surface area contributed by atoms with Gasteiger partial charge in [-0.25, -0.2) is 4.98 Å². The SMILES string of the molecule is Cc1noc([C@H](Cc2ccc(OCCC3CCCC3)cc2)NC(=O)c2cc3ccc(Oc4ccc(C(C)(C)C)cc4)cc3c(CC3CCCC3)n2)n1. The van der Waals surface area contributed by atoms with Gasteiger partial charge in [-0.15, -0.1) is 0 Å². The van der Waals surface area contributed by atoms with E-state index in [1.165, 1.54) is 56.9 Å². The molecule has 52 heavy (non-hydrogen) atoms. The molecular weight excluding hydrogens is 649 g/mol. The van der Waals surface area contributed by atoms with Crippen molar-refractivity contribution in [3.63, 3.8) is 0 Å². The number of aromatic nitrogens is 3. The van der Waals surface area contributed by atoms with Gasteiger partial charge in [0.15, 0.2) is 5.82 Å².